The summed E-state index contributed by atoms with van der Waals surface area (Å²) in [4.78, 5) is 3.46. The van der Waals surface area contributed by atoms with E-state index in [2.05, 4.69) is 67.4 Å². The normalized spacial score (nSPS) is 19.7. The summed E-state index contributed by atoms with van der Waals surface area (Å²) in [6.45, 7) is 0. The molecule has 0 amide bonds. The molecule has 4 heteroatoms. The number of benzene rings is 1. The van der Waals surface area contributed by atoms with Crippen molar-refractivity contribution in [3.63, 3.8) is 0 Å². The SMILES string of the molecule is Cl.Cl.[CH2]=[Zr]([CH3])([CH3])([CH3])([c]1ccc[nH]1)[CH]1C=Cc2ccccc21. The van der Waals surface area contributed by atoms with Gasteiger partial charge in [0.15, 0.2) is 0 Å². The zero-order valence-corrected chi connectivity index (χ0v) is 16.9. The molecular weight excluding hydrogens is 380 g/mol. The molecule has 3 rings (SSSR count). The molecule has 0 saturated carbocycles. The quantitative estimate of drug-likeness (QED) is 0.721. The number of halogens is 2. The van der Waals surface area contributed by atoms with Gasteiger partial charge in [-0.2, -0.15) is 0 Å². The van der Waals surface area contributed by atoms with Gasteiger partial charge in [0.25, 0.3) is 0 Å². The standard InChI is InChI=1S/C9H7.C4H4N.3CH3.CH2.2ClH.Zr/c1-2-5-9-7-3-6-8(9)4-1;1-2-4-5-3-1;;;;;;;/h1-7H;1-3,5H;3*1H3;1H2;2*1H;. The summed E-state index contributed by atoms with van der Waals surface area (Å²) >= 11 is -3.81. The molecule has 1 aliphatic rings. The second-order valence-corrected chi connectivity index (χ2v) is 34.2. The molecule has 1 atom stereocenters. The van der Waals surface area contributed by atoms with Crippen molar-refractivity contribution in [2.45, 2.75) is 17.5 Å². The zero-order valence-electron chi connectivity index (χ0n) is 12.8. The van der Waals surface area contributed by atoms with E-state index in [1.54, 1.807) is 0 Å². The van der Waals surface area contributed by atoms with E-state index in [-0.39, 0.29) is 24.8 Å². The van der Waals surface area contributed by atoms with Crippen LogP contribution in [0.4, 0.5) is 0 Å². The predicted octanol–water partition coefficient (Wildman–Crippen LogP) is 5.05. The summed E-state index contributed by atoms with van der Waals surface area (Å²) in [5.74, 6) is 0. The minimum absolute atomic E-state index is 0. The van der Waals surface area contributed by atoms with Crippen molar-refractivity contribution in [2.24, 2.45) is 0 Å². The Morgan fingerprint density at radius 2 is 1.67 bits per heavy atom. The van der Waals surface area contributed by atoms with Crippen molar-refractivity contribution < 1.29 is 16.8 Å². The van der Waals surface area contributed by atoms with E-state index in [0.29, 0.717) is 3.63 Å². The van der Waals surface area contributed by atoms with Crippen molar-refractivity contribution in [1.29, 1.82) is 0 Å². The van der Waals surface area contributed by atoms with Crippen molar-refractivity contribution in [3.05, 3.63) is 59.8 Å². The number of hydrogen-bond acceptors (Lipinski definition) is 0. The average Bonchev–Trinajstić information content (AvgIpc) is 2.98. The van der Waals surface area contributed by atoms with E-state index in [1.165, 1.54) is 14.5 Å². The third kappa shape index (κ3) is 2.79. The molecule has 0 saturated heterocycles. The zero-order chi connectivity index (χ0) is 13.8. The predicted molar refractivity (Wildman–Crippen MR) is 97.9 cm³/mol. The molecule has 1 unspecified atom stereocenters. The van der Waals surface area contributed by atoms with Gasteiger partial charge in [-0.3, -0.25) is 0 Å². The van der Waals surface area contributed by atoms with Crippen LogP contribution in [0.5, 0.6) is 0 Å². The van der Waals surface area contributed by atoms with Crippen LogP contribution in [0.1, 0.15) is 14.8 Å². The molecule has 1 heterocycles. The van der Waals surface area contributed by atoms with Crippen LogP contribution in [0.3, 0.4) is 0 Å². The molecule has 1 aromatic carbocycles. The molecule has 1 aliphatic carbocycles. The van der Waals surface area contributed by atoms with Crippen molar-refractivity contribution in [2.75, 3.05) is 0 Å². The van der Waals surface area contributed by atoms with Gasteiger partial charge in [-0.05, 0) is 0 Å². The molecule has 0 aliphatic heterocycles. The maximum atomic E-state index is 4.88. The van der Waals surface area contributed by atoms with Crippen LogP contribution in [0, 0.1) is 0 Å². The minimum atomic E-state index is -3.81. The molecule has 0 fully saturated rings. The van der Waals surface area contributed by atoms with Crippen LogP contribution in [0.2, 0.25) is 13.9 Å². The van der Waals surface area contributed by atoms with Gasteiger partial charge in [0.05, 0.1) is 0 Å². The number of aromatic nitrogens is 1. The molecule has 0 bridgehead atoms. The first-order valence-electron chi connectivity index (χ1n) is 6.96. The number of hydrogen-bond donors (Lipinski definition) is 1. The van der Waals surface area contributed by atoms with Crippen molar-refractivity contribution in [1.82, 2.24) is 4.98 Å². The van der Waals surface area contributed by atoms with E-state index < -0.39 is 16.8 Å². The third-order valence-corrected chi connectivity index (χ3v) is 19.0. The van der Waals surface area contributed by atoms with Gasteiger partial charge in [0.1, 0.15) is 0 Å². The fourth-order valence-corrected chi connectivity index (χ4v) is 14.1. The van der Waals surface area contributed by atoms with Crippen molar-refractivity contribution in [3.8, 4) is 0 Å². The molecule has 1 N–H and O–H groups in total. The fraction of sp³-hybridized carbons (Fsp3) is 0.235. The summed E-state index contributed by atoms with van der Waals surface area (Å²) in [6.07, 6.45) is 6.66. The Morgan fingerprint density at radius 3 is 2.29 bits per heavy atom. The van der Waals surface area contributed by atoms with Crippen LogP contribution in [0.15, 0.2) is 48.7 Å². The average molecular weight is 405 g/mol. The van der Waals surface area contributed by atoms with E-state index in [9.17, 15) is 0 Å². The van der Waals surface area contributed by atoms with E-state index in [1.807, 2.05) is 6.20 Å². The first-order chi connectivity index (χ1) is 8.72. The second kappa shape index (κ2) is 5.05. The van der Waals surface area contributed by atoms with E-state index >= 15 is 0 Å². The van der Waals surface area contributed by atoms with Crippen LogP contribution in [0.25, 0.3) is 6.08 Å². The molecule has 21 heavy (non-hydrogen) atoms. The molecule has 0 spiro atoms. The summed E-state index contributed by atoms with van der Waals surface area (Å²) in [7, 11) is 0. The maximum absolute atomic E-state index is 4.88. The van der Waals surface area contributed by atoms with Crippen LogP contribution >= 0.6 is 24.8 Å². The molecule has 0 radical (unpaired) electrons. The summed E-state index contributed by atoms with van der Waals surface area (Å²) in [5, 5.41) is 0. The van der Waals surface area contributed by atoms with Gasteiger partial charge in [0.2, 0.25) is 0 Å². The Balaban J connectivity index is 0.00000110. The first-order valence-corrected chi connectivity index (χ1v) is 18.7. The Morgan fingerprint density at radius 1 is 1.00 bits per heavy atom. The van der Waals surface area contributed by atoms with Gasteiger partial charge in [0, 0.05) is 0 Å². The van der Waals surface area contributed by atoms with Gasteiger partial charge in [-0.15, -0.1) is 24.8 Å². The molecule has 115 valence electrons. The Bertz CT molecular complexity index is 752. The van der Waals surface area contributed by atoms with Gasteiger partial charge >= 0.3 is 113 Å². The Hall–Kier alpha value is -0.427. The first kappa shape index (κ1) is 18.6. The molecule has 1 aromatic heterocycles. The van der Waals surface area contributed by atoms with Gasteiger partial charge in [-0.1, -0.05) is 0 Å². The second-order valence-electron chi connectivity index (χ2n) is 8.25. The summed E-state index contributed by atoms with van der Waals surface area (Å²) in [5.41, 5.74) is 2.79. The number of aromatic amines is 1. The molecule has 2 aromatic rings. The number of rotatable bonds is 2. The molecule has 1 nitrogen and oxygen atoms in total. The van der Waals surface area contributed by atoms with Gasteiger partial charge < -0.3 is 0 Å². The summed E-state index contributed by atoms with van der Waals surface area (Å²) in [6, 6.07) is 13.0. The molecular formula is C17H24Cl2NZr. The van der Waals surface area contributed by atoms with E-state index in [4.69, 9.17) is 4.21 Å². The van der Waals surface area contributed by atoms with Crippen molar-refractivity contribution >= 4 is 38.5 Å². The van der Waals surface area contributed by atoms with Crippen LogP contribution < -0.4 is 3.40 Å². The monoisotopic (exact) mass is 402 g/mol. The number of allylic oxidation sites excluding steroid dienone is 1. The van der Waals surface area contributed by atoms with Crippen LogP contribution in [-0.4, -0.2) is 9.20 Å². The number of nitrogens with one attached hydrogen (secondary N) is 1. The fourth-order valence-electron chi connectivity index (χ4n) is 3.47. The van der Waals surface area contributed by atoms with Crippen LogP contribution in [-0.2, 0) is 16.8 Å². The Kier molecular flexibility index (Phi) is 4.48. The topological polar surface area (TPSA) is 15.8 Å². The Labute approximate surface area is 137 Å². The third-order valence-electron chi connectivity index (χ3n) is 4.86. The van der Waals surface area contributed by atoms with Gasteiger partial charge in [-0.25, -0.2) is 0 Å². The summed E-state index contributed by atoms with van der Waals surface area (Å²) < 4.78 is 14.0. The number of H-pyrrole nitrogens is 1. The van der Waals surface area contributed by atoms with E-state index in [0.717, 1.165) is 0 Å². The number of fused-ring (bicyclic) bond motifs is 1.